The van der Waals surface area contributed by atoms with Gasteiger partial charge < -0.3 is 15.2 Å². The smallest absolute Gasteiger partial charge is 0.252 e. The molecular formula is C11H13ClFNO3. The maximum absolute atomic E-state index is 13.1. The molecule has 1 aromatic rings. The minimum Gasteiger partial charge on any atom is -0.389 e. The molecule has 2 N–H and O–H groups in total. The van der Waals surface area contributed by atoms with Gasteiger partial charge in [-0.1, -0.05) is 17.7 Å². The van der Waals surface area contributed by atoms with E-state index in [1.807, 2.05) is 0 Å². The lowest BCUT2D eigenvalue weighted by atomic mass is 10.2. The molecule has 0 spiro atoms. The Morgan fingerprint density at radius 3 is 3.00 bits per heavy atom. The van der Waals surface area contributed by atoms with Gasteiger partial charge in [-0.05, 0) is 12.1 Å². The van der Waals surface area contributed by atoms with Gasteiger partial charge in [0.25, 0.3) is 5.91 Å². The average Bonchev–Trinajstić information content (AvgIpc) is 2.30. The number of rotatable bonds is 5. The van der Waals surface area contributed by atoms with Gasteiger partial charge >= 0.3 is 0 Å². The van der Waals surface area contributed by atoms with E-state index in [1.165, 1.54) is 25.3 Å². The Kier molecular flexibility index (Phi) is 5.34. The van der Waals surface area contributed by atoms with E-state index >= 15 is 0 Å². The summed E-state index contributed by atoms with van der Waals surface area (Å²) in [4.78, 5) is 11.6. The summed E-state index contributed by atoms with van der Waals surface area (Å²) in [6.07, 6.45) is -0.809. The van der Waals surface area contributed by atoms with Gasteiger partial charge in [0.15, 0.2) is 0 Å². The summed E-state index contributed by atoms with van der Waals surface area (Å²) in [6.45, 7) is 0.122. The lowest BCUT2D eigenvalue weighted by Crippen LogP contribution is -2.34. The molecule has 1 aromatic carbocycles. The van der Waals surface area contributed by atoms with Crippen LogP contribution in [-0.4, -0.2) is 37.4 Å². The van der Waals surface area contributed by atoms with Crippen LogP contribution >= 0.6 is 11.6 Å². The van der Waals surface area contributed by atoms with Crippen LogP contribution in [0.2, 0.25) is 5.02 Å². The predicted octanol–water partition coefficient (Wildman–Crippen LogP) is 1.22. The van der Waals surface area contributed by atoms with E-state index in [2.05, 4.69) is 5.32 Å². The van der Waals surface area contributed by atoms with Gasteiger partial charge in [0.1, 0.15) is 5.82 Å². The van der Waals surface area contributed by atoms with E-state index in [1.54, 1.807) is 0 Å². The summed E-state index contributed by atoms with van der Waals surface area (Å²) in [7, 11) is 1.44. The maximum Gasteiger partial charge on any atom is 0.252 e. The molecule has 0 fully saturated rings. The van der Waals surface area contributed by atoms with Crippen LogP contribution in [0.3, 0.4) is 0 Å². The Morgan fingerprint density at radius 2 is 2.35 bits per heavy atom. The lowest BCUT2D eigenvalue weighted by Gasteiger charge is -2.11. The zero-order chi connectivity index (χ0) is 12.8. The van der Waals surface area contributed by atoms with Crippen molar-refractivity contribution in [1.82, 2.24) is 5.32 Å². The van der Waals surface area contributed by atoms with E-state index in [9.17, 15) is 14.3 Å². The second-order valence-electron chi connectivity index (χ2n) is 3.42. The Hall–Kier alpha value is -1.17. The molecule has 0 aliphatic heterocycles. The highest BCUT2D eigenvalue weighted by molar-refractivity contribution is 6.34. The van der Waals surface area contributed by atoms with Crippen LogP contribution < -0.4 is 5.32 Å². The number of amides is 1. The molecule has 94 valence electrons. The molecule has 0 aliphatic carbocycles. The Balaban J connectivity index is 2.61. The zero-order valence-electron chi connectivity index (χ0n) is 9.24. The van der Waals surface area contributed by atoms with Gasteiger partial charge in [0, 0.05) is 13.7 Å². The van der Waals surface area contributed by atoms with Crippen molar-refractivity contribution in [3.63, 3.8) is 0 Å². The van der Waals surface area contributed by atoms with Crippen molar-refractivity contribution >= 4 is 17.5 Å². The monoisotopic (exact) mass is 261 g/mol. The fourth-order valence-corrected chi connectivity index (χ4v) is 1.45. The molecule has 1 amide bonds. The number of halogens is 2. The highest BCUT2D eigenvalue weighted by Gasteiger charge is 2.14. The van der Waals surface area contributed by atoms with Crippen LogP contribution in [0.15, 0.2) is 18.2 Å². The topological polar surface area (TPSA) is 58.6 Å². The summed E-state index contributed by atoms with van der Waals surface area (Å²) < 4.78 is 17.8. The van der Waals surface area contributed by atoms with Crippen molar-refractivity contribution in [2.24, 2.45) is 0 Å². The second kappa shape index (κ2) is 6.54. The third-order valence-corrected chi connectivity index (χ3v) is 2.44. The molecule has 1 unspecified atom stereocenters. The first kappa shape index (κ1) is 13.9. The minimum atomic E-state index is -0.809. The number of carbonyl (C=O) groups is 1. The number of methoxy groups -OCH3 is 1. The van der Waals surface area contributed by atoms with Crippen molar-refractivity contribution in [2.45, 2.75) is 6.10 Å². The summed E-state index contributed by atoms with van der Waals surface area (Å²) in [5.41, 5.74) is 0.0382. The summed E-state index contributed by atoms with van der Waals surface area (Å²) in [5.74, 6) is -1.19. The standard InChI is InChI=1S/C11H13ClFNO3/c1-17-6-7(15)5-14-11(16)8-3-2-4-9(13)10(8)12/h2-4,7,15H,5-6H2,1H3,(H,14,16). The second-order valence-corrected chi connectivity index (χ2v) is 3.80. The Labute approximate surface area is 103 Å². The molecular weight excluding hydrogens is 249 g/mol. The first-order valence-corrected chi connectivity index (χ1v) is 5.33. The van der Waals surface area contributed by atoms with Crippen LogP contribution in [-0.2, 0) is 4.74 Å². The number of nitrogens with one attached hydrogen (secondary N) is 1. The van der Waals surface area contributed by atoms with Crippen molar-refractivity contribution in [2.75, 3.05) is 20.3 Å². The van der Waals surface area contributed by atoms with Gasteiger partial charge in [0.2, 0.25) is 0 Å². The molecule has 0 aliphatic rings. The highest BCUT2D eigenvalue weighted by atomic mass is 35.5. The molecule has 0 saturated carbocycles. The van der Waals surface area contributed by atoms with Gasteiger partial charge in [0.05, 0.1) is 23.3 Å². The molecule has 0 saturated heterocycles. The van der Waals surface area contributed by atoms with E-state index < -0.39 is 17.8 Å². The van der Waals surface area contributed by atoms with Crippen LogP contribution in [0.5, 0.6) is 0 Å². The number of ether oxygens (including phenoxy) is 1. The third-order valence-electron chi connectivity index (χ3n) is 2.05. The number of benzene rings is 1. The average molecular weight is 262 g/mol. The highest BCUT2D eigenvalue weighted by Crippen LogP contribution is 2.19. The molecule has 0 radical (unpaired) electrons. The summed E-state index contributed by atoms with van der Waals surface area (Å²) in [6, 6.07) is 3.96. The van der Waals surface area contributed by atoms with Crippen LogP contribution in [0.1, 0.15) is 10.4 Å². The van der Waals surface area contributed by atoms with Crippen LogP contribution in [0, 0.1) is 5.82 Å². The van der Waals surface area contributed by atoms with E-state index in [4.69, 9.17) is 16.3 Å². The maximum atomic E-state index is 13.1. The third kappa shape index (κ3) is 3.96. The van der Waals surface area contributed by atoms with Crippen molar-refractivity contribution in [1.29, 1.82) is 0 Å². The van der Waals surface area contributed by atoms with E-state index in [0.717, 1.165) is 0 Å². The Bertz CT molecular complexity index is 400. The first-order chi connectivity index (χ1) is 8.06. The van der Waals surface area contributed by atoms with Crippen LogP contribution in [0.25, 0.3) is 0 Å². The van der Waals surface area contributed by atoms with Gasteiger partial charge in [-0.2, -0.15) is 0 Å². The SMILES string of the molecule is COCC(O)CNC(=O)c1cccc(F)c1Cl. The minimum absolute atomic E-state index is 0.0134. The number of hydrogen-bond acceptors (Lipinski definition) is 3. The van der Waals surface area contributed by atoms with Crippen LogP contribution in [0.4, 0.5) is 4.39 Å². The molecule has 1 atom stereocenters. The molecule has 6 heteroatoms. The molecule has 0 aromatic heterocycles. The lowest BCUT2D eigenvalue weighted by molar-refractivity contribution is 0.0610. The molecule has 0 heterocycles. The van der Waals surface area contributed by atoms with Crippen molar-refractivity contribution in [3.05, 3.63) is 34.6 Å². The fraction of sp³-hybridized carbons (Fsp3) is 0.364. The van der Waals surface area contributed by atoms with Gasteiger partial charge in [-0.3, -0.25) is 4.79 Å². The first-order valence-electron chi connectivity index (χ1n) is 4.95. The quantitative estimate of drug-likeness (QED) is 0.838. The number of carbonyl (C=O) groups excluding carboxylic acids is 1. The number of aliphatic hydroxyl groups is 1. The summed E-state index contributed by atoms with van der Waals surface area (Å²) in [5, 5.41) is 11.5. The molecule has 0 bridgehead atoms. The zero-order valence-corrected chi connectivity index (χ0v) is 10.00. The predicted molar refractivity (Wildman–Crippen MR) is 61.6 cm³/mol. The molecule has 17 heavy (non-hydrogen) atoms. The van der Waals surface area contributed by atoms with E-state index in [0.29, 0.717) is 0 Å². The van der Waals surface area contributed by atoms with Crippen molar-refractivity contribution in [3.8, 4) is 0 Å². The molecule has 4 nitrogen and oxygen atoms in total. The summed E-state index contributed by atoms with van der Waals surface area (Å²) >= 11 is 5.64. The number of aliphatic hydroxyl groups excluding tert-OH is 1. The van der Waals surface area contributed by atoms with Gasteiger partial charge in [-0.15, -0.1) is 0 Å². The Morgan fingerprint density at radius 1 is 1.65 bits per heavy atom. The van der Waals surface area contributed by atoms with Crippen molar-refractivity contribution < 1.29 is 19.0 Å². The normalized spacial score (nSPS) is 12.2. The van der Waals surface area contributed by atoms with E-state index in [-0.39, 0.29) is 23.7 Å². The largest absolute Gasteiger partial charge is 0.389 e. The fourth-order valence-electron chi connectivity index (χ4n) is 1.24. The van der Waals surface area contributed by atoms with Gasteiger partial charge in [-0.25, -0.2) is 4.39 Å². The molecule has 1 rings (SSSR count). The number of hydrogen-bond donors (Lipinski definition) is 2.